The predicted octanol–water partition coefficient (Wildman–Crippen LogP) is 5.21. The van der Waals surface area contributed by atoms with Crippen molar-refractivity contribution in [3.05, 3.63) is 83.2 Å². The van der Waals surface area contributed by atoms with E-state index in [1.54, 1.807) is 24.3 Å². The maximum absolute atomic E-state index is 13.3. The van der Waals surface area contributed by atoms with Crippen molar-refractivity contribution in [3.8, 4) is 11.3 Å². The van der Waals surface area contributed by atoms with E-state index in [9.17, 15) is 9.18 Å². The summed E-state index contributed by atoms with van der Waals surface area (Å²) in [6.45, 7) is 7.15. The van der Waals surface area contributed by atoms with E-state index in [2.05, 4.69) is 42.1 Å². The van der Waals surface area contributed by atoms with E-state index >= 15 is 0 Å². The third-order valence-electron chi connectivity index (χ3n) is 6.10. The largest absolute Gasteiger partial charge is 0.368 e. The molecule has 0 unspecified atom stereocenters. The number of hydrogen-bond acceptors (Lipinski definition) is 4. The standard InChI is InChI=1S/C26H24FN3O2/c1-17-3-4-18(2)24(15-17)29-11-13-30(14-12-29)26(31)20-7-10-23-22(16-20)25(32-28-23)19-5-8-21(27)9-6-19/h3-10,15-16H,11-14H2,1-2H3. The van der Waals surface area contributed by atoms with E-state index in [1.165, 1.54) is 28.9 Å². The number of rotatable bonds is 3. The van der Waals surface area contributed by atoms with Gasteiger partial charge in [0.2, 0.25) is 0 Å². The first-order chi connectivity index (χ1) is 15.5. The normalized spacial score (nSPS) is 14.2. The van der Waals surface area contributed by atoms with Crippen molar-refractivity contribution in [1.29, 1.82) is 0 Å². The summed E-state index contributed by atoms with van der Waals surface area (Å²) in [5.74, 6) is 0.224. The van der Waals surface area contributed by atoms with Crippen LogP contribution in [0, 0.1) is 19.7 Å². The van der Waals surface area contributed by atoms with Gasteiger partial charge in [-0.25, -0.2) is 4.39 Å². The molecule has 0 atom stereocenters. The number of aromatic nitrogens is 1. The van der Waals surface area contributed by atoms with Gasteiger partial charge in [0.1, 0.15) is 11.3 Å². The highest BCUT2D eigenvalue weighted by Gasteiger charge is 2.24. The fourth-order valence-electron chi connectivity index (χ4n) is 4.28. The van der Waals surface area contributed by atoms with Gasteiger partial charge in [0.05, 0.1) is 5.39 Å². The average Bonchev–Trinajstić information content (AvgIpc) is 3.24. The quantitative estimate of drug-likeness (QED) is 0.448. The second kappa shape index (κ2) is 8.11. The number of piperazine rings is 1. The number of carbonyl (C=O) groups is 1. The summed E-state index contributed by atoms with van der Waals surface area (Å²) in [6.07, 6.45) is 0. The molecule has 1 aliphatic heterocycles. The summed E-state index contributed by atoms with van der Waals surface area (Å²) >= 11 is 0. The number of amides is 1. The Morgan fingerprint density at radius 3 is 2.44 bits per heavy atom. The summed E-state index contributed by atoms with van der Waals surface area (Å²) in [5.41, 5.74) is 5.72. The monoisotopic (exact) mass is 429 g/mol. The zero-order valence-corrected chi connectivity index (χ0v) is 18.1. The molecule has 5 rings (SSSR count). The number of aryl methyl sites for hydroxylation is 2. The first kappa shape index (κ1) is 20.2. The molecule has 2 heterocycles. The van der Waals surface area contributed by atoms with Crippen LogP contribution in [0.25, 0.3) is 22.2 Å². The molecule has 1 aromatic heterocycles. The Morgan fingerprint density at radius 2 is 1.69 bits per heavy atom. The van der Waals surface area contributed by atoms with Crippen LogP contribution < -0.4 is 4.90 Å². The van der Waals surface area contributed by atoms with E-state index in [0.29, 0.717) is 29.9 Å². The fourth-order valence-corrected chi connectivity index (χ4v) is 4.28. The number of carbonyl (C=O) groups excluding carboxylic acids is 1. The van der Waals surface area contributed by atoms with Crippen LogP contribution in [0.1, 0.15) is 21.5 Å². The molecule has 1 aliphatic rings. The van der Waals surface area contributed by atoms with Crippen LogP contribution in [0.5, 0.6) is 0 Å². The Labute approximate surface area is 186 Å². The van der Waals surface area contributed by atoms with Gasteiger partial charge in [0.25, 0.3) is 5.91 Å². The average molecular weight is 429 g/mol. The van der Waals surface area contributed by atoms with Gasteiger partial charge in [-0.15, -0.1) is 0 Å². The number of halogens is 1. The Hall–Kier alpha value is -3.67. The van der Waals surface area contributed by atoms with Crippen molar-refractivity contribution in [2.45, 2.75) is 13.8 Å². The van der Waals surface area contributed by atoms with Gasteiger partial charge < -0.3 is 14.3 Å². The Morgan fingerprint density at radius 1 is 0.938 bits per heavy atom. The molecule has 6 heteroatoms. The molecule has 1 fully saturated rings. The SMILES string of the molecule is Cc1ccc(C)c(N2CCN(C(=O)c3ccc4noc(-c5ccc(F)cc5)c4c3)CC2)c1. The van der Waals surface area contributed by atoms with Crippen molar-refractivity contribution >= 4 is 22.5 Å². The van der Waals surface area contributed by atoms with Gasteiger partial charge in [0, 0.05) is 43.0 Å². The van der Waals surface area contributed by atoms with Crippen LogP contribution in [-0.2, 0) is 0 Å². The summed E-state index contributed by atoms with van der Waals surface area (Å²) in [6, 6.07) is 18.0. The lowest BCUT2D eigenvalue weighted by molar-refractivity contribution is 0.0747. The molecule has 1 amide bonds. The van der Waals surface area contributed by atoms with Gasteiger partial charge in [-0.05, 0) is 73.5 Å². The highest BCUT2D eigenvalue weighted by molar-refractivity contribution is 6.01. The minimum Gasteiger partial charge on any atom is -0.368 e. The second-order valence-electron chi connectivity index (χ2n) is 8.32. The van der Waals surface area contributed by atoms with Crippen LogP contribution in [0.4, 0.5) is 10.1 Å². The zero-order chi connectivity index (χ0) is 22.2. The topological polar surface area (TPSA) is 49.6 Å². The highest BCUT2D eigenvalue weighted by atomic mass is 19.1. The van der Waals surface area contributed by atoms with E-state index in [1.807, 2.05) is 11.0 Å². The molecule has 0 aliphatic carbocycles. The Kier molecular flexibility index (Phi) is 5.13. The van der Waals surface area contributed by atoms with Crippen molar-refractivity contribution in [2.24, 2.45) is 0 Å². The lowest BCUT2D eigenvalue weighted by Gasteiger charge is -2.37. The maximum atomic E-state index is 13.3. The molecule has 162 valence electrons. The van der Waals surface area contributed by atoms with Crippen LogP contribution in [-0.4, -0.2) is 42.1 Å². The van der Waals surface area contributed by atoms with Crippen molar-refractivity contribution < 1.29 is 13.7 Å². The smallest absolute Gasteiger partial charge is 0.254 e. The van der Waals surface area contributed by atoms with E-state index in [4.69, 9.17) is 4.52 Å². The minimum atomic E-state index is -0.312. The van der Waals surface area contributed by atoms with Crippen LogP contribution in [0.2, 0.25) is 0 Å². The lowest BCUT2D eigenvalue weighted by atomic mass is 10.0. The third kappa shape index (κ3) is 3.73. The fraction of sp³-hybridized carbons (Fsp3) is 0.231. The lowest BCUT2D eigenvalue weighted by Crippen LogP contribution is -2.49. The minimum absolute atomic E-state index is 0.00114. The van der Waals surface area contributed by atoms with E-state index in [-0.39, 0.29) is 11.7 Å². The summed E-state index contributed by atoms with van der Waals surface area (Å²) in [7, 11) is 0. The van der Waals surface area contributed by atoms with E-state index < -0.39 is 0 Å². The molecular weight excluding hydrogens is 405 g/mol. The number of nitrogens with zero attached hydrogens (tertiary/aromatic N) is 3. The number of anilines is 1. The summed E-state index contributed by atoms with van der Waals surface area (Å²) in [5, 5.41) is 4.84. The van der Waals surface area contributed by atoms with Crippen molar-refractivity contribution in [1.82, 2.24) is 10.1 Å². The molecule has 4 aromatic rings. The van der Waals surface area contributed by atoms with Crippen LogP contribution in [0.3, 0.4) is 0 Å². The van der Waals surface area contributed by atoms with Crippen LogP contribution >= 0.6 is 0 Å². The maximum Gasteiger partial charge on any atom is 0.254 e. The molecule has 0 bridgehead atoms. The molecule has 3 aromatic carbocycles. The summed E-state index contributed by atoms with van der Waals surface area (Å²) in [4.78, 5) is 17.5. The van der Waals surface area contributed by atoms with Gasteiger partial charge >= 0.3 is 0 Å². The number of fused-ring (bicyclic) bond motifs is 1. The highest BCUT2D eigenvalue weighted by Crippen LogP contribution is 2.30. The molecule has 32 heavy (non-hydrogen) atoms. The first-order valence-electron chi connectivity index (χ1n) is 10.8. The van der Waals surface area contributed by atoms with E-state index in [0.717, 1.165) is 24.0 Å². The Bertz CT molecular complexity index is 1290. The van der Waals surface area contributed by atoms with Gasteiger partial charge in [-0.2, -0.15) is 0 Å². The molecule has 0 spiro atoms. The van der Waals surface area contributed by atoms with Crippen LogP contribution in [0.15, 0.2) is 65.2 Å². The summed E-state index contributed by atoms with van der Waals surface area (Å²) < 4.78 is 18.8. The number of hydrogen-bond donors (Lipinski definition) is 0. The second-order valence-corrected chi connectivity index (χ2v) is 8.32. The molecule has 5 nitrogen and oxygen atoms in total. The molecule has 0 N–H and O–H groups in total. The van der Waals surface area contributed by atoms with Gasteiger partial charge in [-0.3, -0.25) is 4.79 Å². The van der Waals surface area contributed by atoms with Crippen molar-refractivity contribution in [2.75, 3.05) is 31.1 Å². The van der Waals surface area contributed by atoms with Crippen molar-refractivity contribution in [3.63, 3.8) is 0 Å². The molecule has 0 radical (unpaired) electrons. The third-order valence-corrected chi connectivity index (χ3v) is 6.10. The molecule has 1 saturated heterocycles. The number of benzene rings is 3. The predicted molar refractivity (Wildman–Crippen MR) is 123 cm³/mol. The zero-order valence-electron chi connectivity index (χ0n) is 18.1. The Balaban J connectivity index is 1.36. The molecule has 0 saturated carbocycles. The first-order valence-corrected chi connectivity index (χ1v) is 10.8. The molecular formula is C26H24FN3O2. The van der Waals surface area contributed by atoms with Gasteiger partial charge in [0.15, 0.2) is 5.76 Å². The van der Waals surface area contributed by atoms with Gasteiger partial charge in [-0.1, -0.05) is 17.3 Å².